The van der Waals surface area contributed by atoms with Crippen LogP contribution in [-0.4, -0.2) is 49.1 Å². The van der Waals surface area contributed by atoms with Gasteiger partial charge in [0.05, 0.1) is 0 Å². The van der Waals surface area contributed by atoms with Crippen LogP contribution in [0.3, 0.4) is 0 Å². The Kier molecular flexibility index (Phi) is 7.70. The van der Waals surface area contributed by atoms with Crippen LogP contribution in [0.15, 0.2) is 0 Å². The summed E-state index contributed by atoms with van der Waals surface area (Å²) in [5, 5.41) is 5.73. The fraction of sp³-hybridized carbons (Fsp3) is 0.818. The topological polar surface area (TPSA) is 87.5 Å². The zero-order chi connectivity index (χ0) is 12.8. The Balaban J connectivity index is 0.00000289. The van der Waals surface area contributed by atoms with Crippen molar-refractivity contribution in [2.45, 2.75) is 38.3 Å². The minimum absolute atomic E-state index is 0. The van der Waals surface area contributed by atoms with Crippen molar-refractivity contribution in [3.8, 4) is 0 Å². The summed E-state index contributed by atoms with van der Waals surface area (Å²) in [6.07, 6.45) is 2.40. The van der Waals surface area contributed by atoms with Gasteiger partial charge in [-0.1, -0.05) is 13.3 Å². The zero-order valence-corrected chi connectivity index (χ0v) is 11.8. The van der Waals surface area contributed by atoms with Gasteiger partial charge in [-0.15, -0.1) is 12.4 Å². The number of amides is 3. The molecule has 106 valence electrons. The van der Waals surface area contributed by atoms with Crippen LogP contribution in [0.5, 0.6) is 0 Å². The van der Waals surface area contributed by atoms with E-state index < -0.39 is 12.1 Å². The Hall–Kier alpha value is -1.01. The van der Waals surface area contributed by atoms with Crippen LogP contribution in [0, 0.1) is 0 Å². The van der Waals surface area contributed by atoms with E-state index in [1.165, 1.54) is 0 Å². The van der Waals surface area contributed by atoms with Crippen molar-refractivity contribution < 1.29 is 9.59 Å². The van der Waals surface area contributed by atoms with E-state index in [1.807, 2.05) is 6.92 Å². The van der Waals surface area contributed by atoms with Gasteiger partial charge in [0, 0.05) is 19.6 Å². The number of likely N-dealkylation sites (N-methyl/N-ethyl adjacent to an activating group) is 1. The molecule has 3 amide bonds. The number of halogens is 1. The van der Waals surface area contributed by atoms with E-state index in [4.69, 9.17) is 5.73 Å². The first-order valence-corrected chi connectivity index (χ1v) is 6.09. The predicted octanol–water partition coefficient (Wildman–Crippen LogP) is 0.0655. The van der Waals surface area contributed by atoms with Gasteiger partial charge in [-0.05, 0) is 19.4 Å². The lowest BCUT2D eigenvalue weighted by Gasteiger charge is -2.28. The van der Waals surface area contributed by atoms with Gasteiger partial charge >= 0.3 is 6.03 Å². The first kappa shape index (κ1) is 17.0. The average Bonchev–Trinajstić information content (AvgIpc) is 2.79. The largest absolute Gasteiger partial charge is 0.352 e. The summed E-state index contributed by atoms with van der Waals surface area (Å²) in [7, 11) is 1.78. The van der Waals surface area contributed by atoms with Crippen LogP contribution in [0.2, 0.25) is 0 Å². The summed E-state index contributed by atoms with van der Waals surface area (Å²) in [5.74, 6) is -0.0562. The SMILES string of the molecule is CCC[C@@H](NC(N)=O)C(=O)N(C)C1CCNC1.Cl. The number of urea groups is 1. The molecule has 0 aliphatic carbocycles. The Morgan fingerprint density at radius 3 is 2.67 bits per heavy atom. The summed E-state index contributed by atoms with van der Waals surface area (Å²) in [5.41, 5.74) is 5.08. The number of primary amides is 1. The first-order valence-electron chi connectivity index (χ1n) is 6.09. The summed E-state index contributed by atoms with van der Waals surface area (Å²) in [4.78, 5) is 24.8. The lowest BCUT2D eigenvalue weighted by molar-refractivity contribution is -0.133. The standard InChI is InChI=1S/C11H22N4O2.ClH/c1-3-4-9(14-11(12)17)10(16)15(2)8-5-6-13-7-8;/h8-9,13H,3-7H2,1-2H3,(H3,12,14,17);1H/t8?,9-;/m1./s1. The molecule has 0 saturated carbocycles. The molecule has 6 nitrogen and oxygen atoms in total. The maximum Gasteiger partial charge on any atom is 0.312 e. The van der Waals surface area contributed by atoms with Crippen LogP contribution >= 0.6 is 12.4 Å². The number of nitrogens with zero attached hydrogens (tertiary/aromatic N) is 1. The van der Waals surface area contributed by atoms with Gasteiger partial charge in [0.2, 0.25) is 5.91 Å². The maximum absolute atomic E-state index is 12.2. The van der Waals surface area contributed by atoms with Crippen molar-refractivity contribution in [3.63, 3.8) is 0 Å². The number of carbonyl (C=O) groups excluding carboxylic acids is 2. The number of carbonyl (C=O) groups is 2. The third-order valence-corrected chi connectivity index (χ3v) is 3.12. The molecule has 1 fully saturated rings. The van der Waals surface area contributed by atoms with Gasteiger partial charge in [-0.2, -0.15) is 0 Å². The van der Waals surface area contributed by atoms with Gasteiger partial charge in [-0.3, -0.25) is 4.79 Å². The fourth-order valence-electron chi connectivity index (χ4n) is 2.11. The van der Waals surface area contributed by atoms with E-state index in [0.29, 0.717) is 6.42 Å². The molecule has 0 aromatic carbocycles. The van der Waals surface area contributed by atoms with Gasteiger partial charge in [0.25, 0.3) is 0 Å². The molecular formula is C11H23ClN4O2. The summed E-state index contributed by atoms with van der Waals surface area (Å²) in [6, 6.07) is -0.922. The highest BCUT2D eigenvalue weighted by molar-refractivity contribution is 5.86. The van der Waals surface area contributed by atoms with Crippen LogP contribution in [0.25, 0.3) is 0 Å². The molecule has 18 heavy (non-hydrogen) atoms. The molecule has 7 heteroatoms. The normalized spacial score (nSPS) is 19.8. The average molecular weight is 279 g/mol. The molecule has 1 heterocycles. The zero-order valence-electron chi connectivity index (χ0n) is 10.9. The smallest absolute Gasteiger partial charge is 0.312 e. The predicted molar refractivity (Wildman–Crippen MR) is 72.7 cm³/mol. The second-order valence-electron chi connectivity index (χ2n) is 4.45. The summed E-state index contributed by atoms with van der Waals surface area (Å²) < 4.78 is 0. The molecular weight excluding hydrogens is 256 g/mol. The molecule has 1 saturated heterocycles. The Morgan fingerprint density at radius 1 is 1.56 bits per heavy atom. The third kappa shape index (κ3) is 4.70. The molecule has 0 spiro atoms. The number of nitrogens with two attached hydrogens (primary N) is 1. The van der Waals surface area contributed by atoms with Crippen molar-refractivity contribution in [2.75, 3.05) is 20.1 Å². The Bertz CT molecular complexity index is 282. The van der Waals surface area contributed by atoms with Crippen LogP contribution in [0.4, 0.5) is 4.79 Å². The number of rotatable bonds is 5. The summed E-state index contributed by atoms with van der Waals surface area (Å²) in [6.45, 7) is 3.72. The molecule has 0 radical (unpaired) electrons. The van der Waals surface area contributed by atoms with Crippen LogP contribution < -0.4 is 16.4 Å². The first-order chi connectivity index (χ1) is 8.06. The molecule has 1 aliphatic heterocycles. The van der Waals surface area contributed by atoms with Crippen molar-refractivity contribution >= 4 is 24.3 Å². The van der Waals surface area contributed by atoms with Crippen LogP contribution in [-0.2, 0) is 4.79 Å². The van der Waals surface area contributed by atoms with E-state index in [0.717, 1.165) is 25.9 Å². The minimum atomic E-state index is -0.644. The fourth-order valence-corrected chi connectivity index (χ4v) is 2.11. The highest BCUT2D eigenvalue weighted by Gasteiger charge is 2.28. The van der Waals surface area contributed by atoms with E-state index in [1.54, 1.807) is 11.9 Å². The highest BCUT2D eigenvalue weighted by atomic mass is 35.5. The van der Waals surface area contributed by atoms with Crippen molar-refractivity contribution in [1.82, 2.24) is 15.5 Å². The van der Waals surface area contributed by atoms with Crippen molar-refractivity contribution in [3.05, 3.63) is 0 Å². The lowest BCUT2D eigenvalue weighted by Crippen LogP contribution is -2.51. The molecule has 0 aromatic rings. The maximum atomic E-state index is 12.2. The lowest BCUT2D eigenvalue weighted by atomic mass is 10.1. The van der Waals surface area contributed by atoms with E-state index in [-0.39, 0.29) is 24.4 Å². The van der Waals surface area contributed by atoms with Gasteiger partial charge < -0.3 is 21.3 Å². The molecule has 0 bridgehead atoms. The van der Waals surface area contributed by atoms with Crippen molar-refractivity contribution in [2.24, 2.45) is 5.73 Å². The minimum Gasteiger partial charge on any atom is -0.352 e. The molecule has 1 rings (SSSR count). The monoisotopic (exact) mass is 278 g/mol. The van der Waals surface area contributed by atoms with Gasteiger partial charge in [0.1, 0.15) is 6.04 Å². The van der Waals surface area contributed by atoms with E-state index in [9.17, 15) is 9.59 Å². The Labute approximate surface area is 114 Å². The molecule has 4 N–H and O–H groups in total. The van der Waals surface area contributed by atoms with Crippen molar-refractivity contribution in [1.29, 1.82) is 0 Å². The molecule has 1 unspecified atom stereocenters. The van der Waals surface area contributed by atoms with Gasteiger partial charge in [-0.25, -0.2) is 4.79 Å². The second-order valence-corrected chi connectivity index (χ2v) is 4.45. The third-order valence-electron chi connectivity index (χ3n) is 3.12. The molecule has 1 aliphatic rings. The van der Waals surface area contributed by atoms with E-state index in [2.05, 4.69) is 10.6 Å². The Morgan fingerprint density at radius 2 is 2.22 bits per heavy atom. The number of nitrogens with one attached hydrogen (secondary N) is 2. The quantitative estimate of drug-likeness (QED) is 0.665. The number of hydrogen-bond donors (Lipinski definition) is 3. The molecule has 2 atom stereocenters. The van der Waals surface area contributed by atoms with E-state index >= 15 is 0 Å². The summed E-state index contributed by atoms with van der Waals surface area (Å²) >= 11 is 0. The van der Waals surface area contributed by atoms with Crippen LogP contribution in [0.1, 0.15) is 26.2 Å². The van der Waals surface area contributed by atoms with Gasteiger partial charge in [0.15, 0.2) is 0 Å². The second kappa shape index (κ2) is 8.16. The highest BCUT2D eigenvalue weighted by Crippen LogP contribution is 2.10. The molecule has 0 aromatic heterocycles. The number of hydrogen-bond acceptors (Lipinski definition) is 3.